The number of rotatable bonds is 6. The van der Waals surface area contributed by atoms with Crippen LogP contribution in [0.2, 0.25) is 0 Å². The van der Waals surface area contributed by atoms with Crippen LogP contribution in [-0.4, -0.2) is 28.9 Å². The molecule has 156 valence electrons. The van der Waals surface area contributed by atoms with Crippen molar-refractivity contribution in [2.75, 3.05) is 13.1 Å². The maximum Gasteiger partial charge on any atom is 0.251 e. The molecule has 1 fully saturated rings. The average Bonchev–Trinajstić information content (AvgIpc) is 3.30. The molecule has 1 aliphatic heterocycles. The number of carbonyl (C=O) groups excluding carboxylic acids is 1. The second-order valence-corrected chi connectivity index (χ2v) is 8.46. The van der Waals surface area contributed by atoms with Gasteiger partial charge in [0.1, 0.15) is 5.01 Å². The van der Waals surface area contributed by atoms with Crippen LogP contribution in [0.3, 0.4) is 0 Å². The Hall–Kier alpha value is -2.64. The number of halogens is 2. The van der Waals surface area contributed by atoms with Gasteiger partial charge in [-0.3, -0.25) is 9.69 Å². The number of nitrogens with zero attached hydrogens (tertiary/aromatic N) is 2. The van der Waals surface area contributed by atoms with Crippen LogP contribution < -0.4 is 5.32 Å². The lowest BCUT2D eigenvalue weighted by Gasteiger charge is -2.36. The van der Waals surface area contributed by atoms with E-state index in [1.807, 2.05) is 23.6 Å². The van der Waals surface area contributed by atoms with Crippen molar-refractivity contribution in [2.45, 2.75) is 25.4 Å². The minimum atomic E-state index is -0.822. The van der Waals surface area contributed by atoms with E-state index in [4.69, 9.17) is 0 Å². The van der Waals surface area contributed by atoms with Gasteiger partial charge >= 0.3 is 0 Å². The van der Waals surface area contributed by atoms with Crippen LogP contribution in [0.25, 0.3) is 0 Å². The smallest absolute Gasteiger partial charge is 0.251 e. The average molecular weight is 428 g/mol. The molecule has 4 nitrogen and oxygen atoms in total. The van der Waals surface area contributed by atoms with Gasteiger partial charge < -0.3 is 5.32 Å². The molecule has 1 aromatic heterocycles. The van der Waals surface area contributed by atoms with E-state index in [9.17, 15) is 13.6 Å². The number of likely N-dealkylation sites (tertiary alicyclic amines) is 1. The highest BCUT2D eigenvalue weighted by Crippen LogP contribution is 2.32. The van der Waals surface area contributed by atoms with Crippen LogP contribution in [0.4, 0.5) is 8.78 Å². The van der Waals surface area contributed by atoms with Gasteiger partial charge in [-0.15, -0.1) is 11.3 Å². The molecule has 1 amide bonds. The molecule has 2 atom stereocenters. The molecule has 7 heteroatoms. The first-order valence-corrected chi connectivity index (χ1v) is 10.9. The summed E-state index contributed by atoms with van der Waals surface area (Å²) in [7, 11) is 0. The molecular weight excluding hydrogens is 404 g/mol. The van der Waals surface area contributed by atoms with Gasteiger partial charge in [-0.2, -0.15) is 0 Å². The van der Waals surface area contributed by atoms with Gasteiger partial charge in [0.15, 0.2) is 11.6 Å². The minimum Gasteiger partial charge on any atom is -0.342 e. The summed E-state index contributed by atoms with van der Waals surface area (Å²) in [6.45, 7) is 1.83. The Morgan fingerprint density at radius 2 is 2.03 bits per heavy atom. The van der Waals surface area contributed by atoms with Crippen LogP contribution in [0, 0.1) is 17.6 Å². The fraction of sp³-hybridized carbons (Fsp3) is 0.304. The van der Waals surface area contributed by atoms with Crippen LogP contribution in [0.1, 0.15) is 39.8 Å². The van der Waals surface area contributed by atoms with Crippen LogP contribution in [0.15, 0.2) is 60.1 Å². The van der Waals surface area contributed by atoms with E-state index >= 15 is 0 Å². The first-order valence-electron chi connectivity index (χ1n) is 10.0. The molecular formula is C23H23F2N3OS. The van der Waals surface area contributed by atoms with Gasteiger partial charge in [-0.25, -0.2) is 13.8 Å². The van der Waals surface area contributed by atoms with E-state index in [1.165, 1.54) is 17.4 Å². The highest BCUT2D eigenvalue weighted by molar-refractivity contribution is 7.09. The van der Waals surface area contributed by atoms with Crippen molar-refractivity contribution in [1.82, 2.24) is 15.2 Å². The Labute approximate surface area is 178 Å². The SMILES string of the molecule is O=C(NC(c1nccs1)C1CCCN(Cc2cccc(F)c2F)C1)c1ccccc1. The zero-order chi connectivity index (χ0) is 20.9. The number of piperidine rings is 1. The molecule has 1 saturated heterocycles. The summed E-state index contributed by atoms with van der Waals surface area (Å²) in [5.41, 5.74) is 0.961. The lowest BCUT2D eigenvalue weighted by molar-refractivity contribution is 0.0877. The number of amides is 1. The highest BCUT2D eigenvalue weighted by Gasteiger charge is 2.31. The predicted octanol–water partition coefficient (Wildman–Crippen LogP) is 4.80. The number of thiazole rings is 1. The molecule has 1 aliphatic rings. The molecule has 0 aliphatic carbocycles. The topological polar surface area (TPSA) is 45.2 Å². The summed E-state index contributed by atoms with van der Waals surface area (Å²) in [6, 6.07) is 13.2. The Morgan fingerprint density at radius 3 is 2.80 bits per heavy atom. The molecule has 2 aromatic carbocycles. The van der Waals surface area contributed by atoms with Crippen molar-refractivity contribution in [1.29, 1.82) is 0 Å². The molecule has 2 unspecified atom stereocenters. The van der Waals surface area contributed by atoms with Gasteiger partial charge in [0.05, 0.1) is 6.04 Å². The Kier molecular flexibility index (Phi) is 6.50. The van der Waals surface area contributed by atoms with Crippen LogP contribution in [-0.2, 0) is 6.54 Å². The van der Waals surface area contributed by atoms with Crippen molar-refractivity contribution in [3.63, 3.8) is 0 Å². The maximum atomic E-state index is 14.1. The number of benzene rings is 2. The van der Waals surface area contributed by atoms with Crippen molar-refractivity contribution in [3.05, 3.63) is 87.9 Å². The van der Waals surface area contributed by atoms with E-state index in [1.54, 1.807) is 24.4 Å². The molecule has 30 heavy (non-hydrogen) atoms. The summed E-state index contributed by atoms with van der Waals surface area (Å²) >= 11 is 1.52. The fourth-order valence-electron chi connectivity index (χ4n) is 4.00. The van der Waals surface area contributed by atoms with Crippen molar-refractivity contribution in [2.24, 2.45) is 5.92 Å². The van der Waals surface area contributed by atoms with Gasteiger partial charge in [-0.1, -0.05) is 30.3 Å². The minimum absolute atomic E-state index is 0.134. The molecule has 0 saturated carbocycles. The van der Waals surface area contributed by atoms with Gasteiger partial charge in [0.25, 0.3) is 5.91 Å². The molecule has 0 spiro atoms. The lowest BCUT2D eigenvalue weighted by Crippen LogP contribution is -2.42. The standard InChI is InChI=1S/C23H23F2N3OS/c24-19-10-4-8-17(20(19)25)14-28-12-5-9-18(15-28)21(23-26-11-13-30-23)27-22(29)16-6-2-1-3-7-16/h1-4,6-8,10-11,13,18,21H,5,9,12,14-15H2,(H,27,29). The summed E-state index contributed by atoms with van der Waals surface area (Å²) in [5.74, 6) is -1.61. The Balaban J connectivity index is 1.50. The number of carbonyl (C=O) groups is 1. The van der Waals surface area contributed by atoms with E-state index < -0.39 is 11.6 Å². The summed E-state index contributed by atoms with van der Waals surface area (Å²) < 4.78 is 27.7. The zero-order valence-electron chi connectivity index (χ0n) is 16.4. The van der Waals surface area contributed by atoms with Gasteiger partial charge in [-0.05, 0) is 43.5 Å². The first-order chi connectivity index (χ1) is 14.6. The quantitative estimate of drug-likeness (QED) is 0.614. The number of nitrogens with one attached hydrogen (secondary N) is 1. The van der Waals surface area contributed by atoms with Crippen molar-refractivity contribution < 1.29 is 13.6 Å². The molecule has 0 radical (unpaired) electrons. The van der Waals surface area contributed by atoms with Crippen molar-refractivity contribution >= 4 is 17.2 Å². The summed E-state index contributed by atoms with van der Waals surface area (Å²) in [4.78, 5) is 19.4. The number of aromatic nitrogens is 1. The highest BCUT2D eigenvalue weighted by atomic mass is 32.1. The first kappa shape index (κ1) is 20.6. The normalized spacial score (nSPS) is 18.1. The maximum absolute atomic E-state index is 14.1. The van der Waals surface area contributed by atoms with E-state index in [-0.39, 0.29) is 17.9 Å². The molecule has 0 bridgehead atoms. The largest absolute Gasteiger partial charge is 0.342 e. The van der Waals surface area contributed by atoms with Gasteiger partial charge in [0.2, 0.25) is 0 Å². The fourth-order valence-corrected chi connectivity index (χ4v) is 4.78. The van der Waals surface area contributed by atoms with E-state index in [2.05, 4.69) is 15.2 Å². The second kappa shape index (κ2) is 9.45. The van der Waals surface area contributed by atoms with Gasteiger partial charge in [0, 0.05) is 35.8 Å². The second-order valence-electron chi connectivity index (χ2n) is 7.54. The van der Waals surface area contributed by atoms with E-state index in [0.717, 1.165) is 30.5 Å². The van der Waals surface area contributed by atoms with E-state index in [0.29, 0.717) is 24.2 Å². The van der Waals surface area contributed by atoms with Crippen molar-refractivity contribution in [3.8, 4) is 0 Å². The Morgan fingerprint density at radius 1 is 1.20 bits per heavy atom. The molecule has 3 aromatic rings. The summed E-state index contributed by atoms with van der Waals surface area (Å²) in [5, 5.41) is 5.93. The number of hydrogen-bond donors (Lipinski definition) is 1. The molecule has 4 rings (SSSR count). The molecule has 1 N–H and O–H groups in total. The zero-order valence-corrected chi connectivity index (χ0v) is 17.2. The number of hydrogen-bond acceptors (Lipinski definition) is 4. The third-order valence-corrected chi connectivity index (χ3v) is 6.34. The van der Waals surface area contributed by atoms with Crippen LogP contribution >= 0.6 is 11.3 Å². The monoisotopic (exact) mass is 427 g/mol. The van der Waals surface area contributed by atoms with Crippen LogP contribution in [0.5, 0.6) is 0 Å². The summed E-state index contributed by atoms with van der Waals surface area (Å²) in [6.07, 6.45) is 3.59. The Bertz CT molecular complexity index is 981. The third kappa shape index (κ3) is 4.74. The predicted molar refractivity (Wildman–Crippen MR) is 113 cm³/mol. The molecule has 2 heterocycles. The lowest BCUT2D eigenvalue weighted by atomic mass is 9.90. The third-order valence-electron chi connectivity index (χ3n) is 5.48.